The lowest BCUT2D eigenvalue weighted by atomic mass is 9.82. The van der Waals surface area contributed by atoms with Crippen molar-refractivity contribution >= 4 is 29.1 Å². The van der Waals surface area contributed by atoms with Crippen LogP contribution in [0.25, 0.3) is 0 Å². The summed E-state index contributed by atoms with van der Waals surface area (Å²) in [5.74, 6) is -2.96. The topological polar surface area (TPSA) is 133 Å². The molecule has 1 amide bonds. The normalized spacial score (nSPS) is 12.0. The Balaban J connectivity index is 2.01. The van der Waals surface area contributed by atoms with Crippen LogP contribution in [0.1, 0.15) is 55.5 Å². The maximum atomic E-state index is 12.9. The highest BCUT2D eigenvalue weighted by Crippen LogP contribution is 2.35. The largest absolute Gasteiger partial charge is 0.452 e. The highest BCUT2D eigenvalue weighted by atomic mass is 16.6. The molecule has 0 aliphatic heterocycles. The Morgan fingerprint density at radius 3 is 2.31 bits per heavy atom. The maximum Gasteiger partial charge on any atom is 0.345 e. The van der Waals surface area contributed by atoms with Crippen LogP contribution in [-0.4, -0.2) is 41.5 Å². The van der Waals surface area contributed by atoms with E-state index in [0.717, 1.165) is 6.07 Å². The molecule has 2 aromatic carbocycles. The van der Waals surface area contributed by atoms with Gasteiger partial charge in [0.1, 0.15) is 11.1 Å². The van der Waals surface area contributed by atoms with Crippen molar-refractivity contribution in [3.8, 4) is 0 Å². The van der Waals surface area contributed by atoms with Gasteiger partial charge < -0.3 is 10.1 Å². The molecule has 1 aliphatic carbocycles. The molecule has 0 aromatic heterocycles. The minimum absolute atomic E-state index is 0.0255. The van der Waals surface area contributed by atoms with E-state index < -0.39 is 51.8 Å². The number of fused-ring (bicyclic) bond motifs is 2. The number of amides is 1. The molecule has 9 nitrogen and oxygen atoms in total. The molecule has 0 fully saturated rings. The first-order valence-corrected chi connectivity index (χ1v) is 8.80. The molecule has 3 rings (SSSR count). The maximum absolute atomic E-state index is 12.9. The van der Waals surface area contributed by atoms with Gasteiger partial charge in [-0.1, -0.05) is 31.2 Å². The van der Waals surface area contributed by atoms with Crippen molar-refractivity contribution in [2.24, 2.45) is 0 Å². The van der Waals surface area contributed by atoms with Crippen molar-refractivity contribution in [1.82, 2.24) is 5.32 Å². The predicted molar refractivity (Wildman–Crippen MR) is 100.0 cm³/mol. The van der Waals surface area contributed by atoms with Crippen LogP contribution in [0.5, 0.6) is 0 Å². The summed E-state index contributed by atoms with van der Waals surface area (Å²) in [4.78, 5) is 60.3. The van der Waals surface area contributed by atoms with Crippen LogP contribution >= 0.6 is 0 Å². The number of nitrogens with zero attached hydrogens (tertiary/aromatic N) is 1. The molecule has 1 aliphatic rings. The molecule has 0 saturated carbocycles. The van der Waals surface area contributed by atoms with Gasteiger partial charge >= 0.3 is 5.97 Å². The van der Waals surface area contributed by atoms with E-state index in [9.17, 15) is 29.3 Å². The smallest absolute Gasteiger partial charge is 0.345 e. The number of nitrogens with one attached hydrogen (secondary N) is 1. The Morgan fingerprint density at radius 1 is 1.03 bits per heavy atom. The molecule has 0 atom stereocenters. The number of ketones is 2. The molecule has 0 unspecified atom stereocenters. The highest BCUT2D eigenvalue weighted by molar-refractivity contribution is 6.30. The van der Waals surface area contributed by atoms with Gasteiger partial charge in [-0.3, -0.25) is 24.5 Å². The van der Waals surface area contributed by atoms with Crippen molar-refractivity contribution in [1.29, 1.82) is 0 Å². The number of nitro groups is 1. The van der Waals surface area contributed by atoms with Crippen LogP contribution in [0.3, 0.4) is 0 Å². The lowest BCUT2D eigenvalue weighted by Gasteiger charge is -2.18. The summed E-state index contributed by atoms with van der Waals surface area (Å²) in [6, 6.07) is 8.22. The zero-order valence-electron chi connectivity index (χ0n) is 15.4. The van der Waals surface area contributed by atoms with E-state index in [4.69, 9.17) is 4.74 Å². The molecular weight excluding hydrogens is 380 g/mol. The summed E-state index contributed by atoms with van der Waals surface area (Å²) in [6.07, 6.45) is 0.688. The molecule has 148 valence electrons. The Morgan fingerprint density at radius 2 is 1.69 bits per heavy atom. The number of ether oxygens (including phenoxy) is 1. The first-order chi connectivity index (χ1) is 13.9. The van der Waals surface area contributed by atoms with Gasteiger partial charge in [-0.25, -0.2) is 4.79 Å². The Hall–Kier alpha value is -3.88. The van der Waals surface area contributed by atoms with Gasteiger partial charge in [-0.15, -0.1) is 0 Å². The number of hydrogen-bond donors (Lipinski definition) is 1. The van der Waals surface area contributed by atoms with E-state index in [0.29, 0.717) is 13.0 Å². The molecule has 29 heavy (non-hydrogen) atoms. The number of benzene rings is 2. The summed E-state index contributed by atoms with van der Waals surface area (Å²) in [5.41, 5.74) is -1.76. The van der Waals surface area contributed by atoms with Crippen molar-refractivity contribution in [2.45, 2.75) is 13.3 Å². The molecule has 0 radical (unpaired) electrons. The van der Waals surface area contributed by atoms with Crippen LogP contribution in [0.4, 0.5) is 5.69 Å². The fourth-order valence-corrected chi connectivity index (χ4v) is 3.05. The lowest BCUT2D eigenvalue weighted by molar-refractivity contribution is -0.385. The molecule has 9 heteroatoms. The lowest BCUT2D eigenvalue weighted by Crippen LogP contribution is -2.29. The third-order valence-electron chi connectivity index (χ3n) is 4.37. The number of esters is 1. The fourth-order valence-electron chi connectivity index (χ4n) is 3.05. The second kappa shape index (κ2) is 8.01. The summed E-state index contributed by atoms with van der Waals surface area (Å²) in [6.45, 7) is 1.62. The summed E-state index contributed by atoms with van der Waals surface area (Å²) >= 11 is 0. The van der Waals surface area contributed by atoms with Crippen LogP contribution in [-0.2, 0) is 9.53 Å². The van der Waals surface area contributed by atoms with Gasteiger partial charge in [0.25, 0.3) is 11.6 Å². The standard InChI is InChI=1S/C20H16N2O7/c1-2-9-21-15(23)10-29-20(26)14-8-7-13-16(17(14)22(27)28)19(25)12-6-4-3-5-11(12)18(13)24/h3-8H,2,9-10H2,1H3,(H,21,23). The molecule has 1 N–H and O–H groups in total. The molecule has 0 spiro atoms. The van der Waals surface area contributed by atoms with E-state index in [1.54, 1.807) is 6.07 Å². The van der Waals surface area contributed by atoms with E-state index in [2.05, 4.69) is 5.32 Å². The Labute approximate surface area is 164 Å². The fraction of sp³-hybridized carbons (Fsp3) is 0.200. The summed E-state index contributed by atoms with van der Waals surface area (Å²) in [5, 5.41) is 14.2. The van der Waals surface area contributed by atoms with Crippen LogP contribution in [0, 0.1) is 10.1 Å². The second-order valence-electron chi connectivity index (χ2n) is 6.27. The number of hydrogen-bond acceptors (Lipinski definition) is 7. The van der Waals surface area contributed by atoms with Gasteiger partial charge in [0.05, 0.1) is 4.92 Å². The monoisotopic (exact) mass is 396 g/mol. The molecule has 0 bridgehead atoms. The SMILES string of the molecule is CCCNC(=O)COC(=O)c1ccc2c(c1[N+](=O)[O-])C(=O)c1ccccc1C2=O. The third-order valence-corrected chi connectivity index (χ3v) is 4.37. The van der Waals surface area contributed by atoms with Crippen molar-refractivity contribution in [3.05, 3.63) is 74.3 Å². The average Bonchev–Trinajstić information content (AvgIpc) is 2.73. The minimum atomic E-state index is -1.13. The zero-order chi connectivity index (χ0) is 21.1. The Bertz CT molecular complexity index is 1060. The number of rotatable bonds is 6. The zero-order valence-corrected chi connectivity index (χ0v) is 15.4. The minimum Gasteiger partial charge on any atom is -0.452 e. The predicted octanol–water partition coefficient (Wildman–Crippen LogP) is 2.05. The van der Waals surface area contributed by atoms with Crippen molar-refractivity contribution < 1.29 is 28.8 Å². The van der Waals surface area contributed by atoms with Gasteiger partial charge in [0.2, 0.25) is 5.78 Å². The van der Waals surface area contributed by atoms with Gasteiger partial charge in [-0.05, 0) is 18.6 Å². The Kier molecular flexibility index (Phi) is 5.49. The van der Waals surface area contributed by atoms with E-state index in [1.807, 2.05) is 6.92 Å². The summed E-state index contributed by atoms with van der Waals surface area (Å²) < 4.78 is 4.85. The summed E-state index contributed by atoms with van der Waals surface area (Å²) in [7, 11) is 0. The molecular formula is C20H16N2O7. The number of nitro benzene ring substituents is 1. The first kappa shape index (κ1) is 19.9. The van der Waals surface area contributed by atoms with Gasteiger partial charge in [0.15, 0.2) is 12.4 Å². The third kappa shape index (κ3) is 3.62. The van der Waals surface area contributed by atoms with E-state index in [1.165, 1.54) is 24.3 Å². The molecule has 2 aromatic rings. The number of carbonyl (C=O) groups excluding carboxylic acids is 4. The molecule has 0 heterocycles. The number of carbonyl (C=O) groups is 4. The van der Waals surface area contributed by atoms with Crippen LogP contribution in [0.15, 0.2) is 36.4 Å². The van der Waals surface area contributed by atoms with Crippen LogP contribution < -0.4 is 5.32 Å². The quantitative estimate of drug-likeness (QED) is 0.383. The van der Waals surface area contributed by atoms with Crippen LogP contribution in [0.2, 0.25) is 0 Å². The first-order valence-electron chi connectivity index (χ1n) is 8.80. The van der Waals surface area contributed by atoms with Gasteiger partial charge in [-0.2, -0.15) is 0 Å². The van der Waals surface area contributed by atoms with Crippen molar-refractivity contribution in [2.75, 3.05) is 13.2 Å². The van der Waals surface area contributed by atoms with E-state index >= 15 is 0 Å². The highest BCUT2D eigenvalue weighted by Gasteiger charge is 2.39. The van der Waals surface area contributed by atoms with Gasteiger partial charge in [0, 0.05) is 23.2 Å². The second-order valence-corrected chi connectivity index (χ2v) is 6.27. The average molecular weight is 396 g/mol. The van der Waals surface area contributed by atoms with Crippen molar-refractivity contribution in [3.63, 3.8) is 0 Å². The van der Waals surface area contributed by atoms with E-state index in [-0.39, 0.29) is 16.7 Å². The molecule has 0 saturated heterocycles.